The molecule has 0 aliphatic carbocycles. The zero-order valence-corrected chi connectivity index (χ0v) is 16.8. The molecule has 1 fully saturated rings. The zero-order chi connectivity index (χ0) is 20.1. The summed E-state index contributed by atoms with van der Waals surface area (Å²) in [5, 5.41) is 9.58. The Kier molecular flexibility index (Phi) is 6.53. The maximum atomic E-state index is 9.58. The van der Waals surface area contributed by atoms with E-state index in [9.17, 15) is 5.11 Å². The van der Waals surface area contributed by atoms with E-state index in [0.29, 0.717) is 12.4 Å². The quantitative estimate of drug-likeness (QED) is 0.737. The predicted molar refractivity (Wildman–Crippen MR) is 109 cm³/mol. The van der Waals surface area contributed by atoms with E-state index < -0.39 is 0 Å². The number of nitrogens with zero attached hydrogens (tertiary/aromatic N) is 4. The Balaban J connectivity index is 1.76. The molecule has 152 valence electrons. The van der Waals surface area contributed by atoms with Gasteiger partial charge < -0.3 is 25.2 Å². The first-order valence-corrected chi connectivity index (χ1v) is 9.45. The number of rotatable bonds is 7. The molecule has 0 saturated carbocycles. The Hall–Kier alpha value is -2.58. The van der Waals surface area contributed by atoms with Gasteiger partial charge in [-0.25, -0.2) is 4.98 Å². The fraction of sp³-hybridized carbons (Fsp3) is 0.500. The van der Waals surface area contributed by atoms with Gasteiger partial charge in [0.05, 0.1) is 14.2 Å². The fourth-order valence-corrected chi connectivity index (χ4v) is 3.66. The van der Waals surface area contributed by atoms with Crippen LogP contribution in [0.5, 0.6) is 11.5 Å². The van der Waals surface area contributed by atoms with Gasteiger partial charge in [0.25, 0.3) is 0 Å². The minimum absolute atomic E-state index is 0.140. The number of aliphatic hydroxyl groups excluding tert-OH is 1. The van der Waals surface area contributed by atoms with Crippen LogP contribution in [0.4, 0.5) is 11.8 Å². The molecule has 8 nitrogen and oxygen atoms in total. The lowest BCUT2D eigenvalue weighted by Crippen LogP contribution is -2.53. The fourth-order valence-electron chi connectivity index (χ4n) is 3.66. The SMILES string of the molecule is COc1cc(CN2CCN(c3cc(C)nc(N)n3)CC2CCO)cc(OC)c1. The van der Waals surface area contributed by atoms with Gasteiger partial charge in [0.15, 0.2) is 0 Å². The van der Waals surface area contributed by atoms with Crippen LogP contribution in [0.2, 0.25) is 0 Å². The monoisotopic (exact) mass is 387 g/mol. The van der Waals surface area contributed by atoms with Crippen molar-refractivity contribution in [1.82, 2.24) is 14.9 Å². The van der Waals surface area contributed by atoms with Crippen molar-refractivity contribution in [2.45, 2.75) is 25.9 Å². The summed E-state index contributed by atoms with van der Waals surface area (Å²) < 4.78 is 10.8. The molecule has 0 amide bonds. The average molecular weight is 387 g/mol. The summed E-state index contributed by atoms with van der Waals surface area (Å²) in [6.07, 6.45) is 0.692. The molecule has 2 aromatic rings. The lowest BCUT2D eigenvalue weighted by atomic mass is 10.1. The van der Waals surface area contributed by atoms with Crippen LogP contribution < -0.4 is 20.1 Å². The van der Waals surface area contributed by atoms with Crippen molar-refractivity contribution in [1.29, 1.82) is 0 Å². The molecule has 3 rings (SSSR count). The van der Waals surface area contributed by atoms with E-state index in [1.165, 1.54) is 0 Å². The molecule has 0 radical (unpaired) electrons. The molecule has 28 heavy (non-hydrogen) atoms. The van der Waals surface area contributed by atoms with Crippen molar-refractivity contribution in [2.75, 3.05) is 51.1 Å². The van der Waals surface area contributed by atoms with Crippen LogP contribution in [-0.2, 0) is 6.54 Å². The first-order chi connectivity index (χ1) is 13.5. The molecule has 1 aliphatic rings. The predicted octanol–water partition coefficient (Wildman–Crippen LogP) is 1.46. The van der Waals surface area contributed by atoms with Crippen LogP contribution >= 0.6 is 0 Å². The summed E-state index contributed by atoms with van der Waals surface area (Å²) in [5.41, 5.74) is 7.79. The summed E-state index contributed by atoms with van der Waals surface area (Å²) in [4.78, 5) is 13.1. The van der Waals surface area contributed by atoms with E-state index in [2.05, 4.69) is 19.8 Å². The normalized spacial score (nSPS) is 17.6. The average Bonchev–Trinajstić information content (AvgIpc) is 2.68. The third-order valence-electron chi connectivity index (χ3n) is 5.05. The molecule has 1 aliphatic heterocycles. The lowest BCUT2D eigenvalue weighted by molar-refractivity contribution is 0.135. The third-order valence-corrected chi connectivity index (χ3v) is 5.05. The molecule has 2 heterocycles. The molecule has 1 atom stereocenters. The van der Waals surface area contributed by atoms with E-state index in [4.69, 9.17) is 15.2 Å². The first-order valence-electron chi connectivity index (χ1n) is 9.45. The maximum Gasteiger partial charge on any atom is 0.222 e. The van der Waals surface area contributed by atoms with Gasteiger partial charge in [-0.1, -0.05) is 0 Å². The number of methoxy groups -OCH3 is 2. The Morgan fingerprint density at radius 3 is 2.43 bits per heavy atom. The topological polar surface area (TPSA) is 97.0 Å². The molecule has 0 bridgehead atoms. The summed E-state index contributed by atoms with van der Waals surface area (Å²) in [6, 6.07) is 8.08. The largest absolute Gasteiger partial charge is 0.497 e. The van der Waals surface area contributed by atoms with Crippen LogP contribution in [0, 0.1) is 6.92 Å². The second-order valence-corrected chi connectivity index (χ2v) is 7.03. The Morgan fingerprint density at radius 1 is 1.11 bits per heavy atom. The summed E-state index contributed by atoms with van der Waals surface area (Å²) in [5.74, 6) is 2.69. The van der Waals surface area contributed by atoms with Gasteiger partial charge in [0.1, 0.15) is 17.3 Å². The molecule has 1 aromatic heterocycles. The minimum Gasteiger partial charge on any atom is -0.497 e. The van der Waals surface area contributed by atoms with Gasteiger partial charge in [-0.2, -0.15) is 4.98 Å². The number of nitrogens with two attached hydrogens (primary N) is 1. The molecule has 0 spiro atoms. The Morgan fingerprint density at radius 2 is 1.82 bits per heavy atom. The number of aryl methyl sites for hydroxylation is 1. The summed E-state index contributed by atoms with van der Waals surface area (Å²) in [6.45, 7) is 5.28. The van der Waals surface area contributed by atoms with E-state index in [0.717, 1.165) is 54.8 Å². The number of hydrogen-bond acceptors (Lipinski definition) is 8. The van der Waals surface area contributed by atoms with E-state index >= 15 is 0 Å². The molecule has 8 heteroatoms. The van der Waals surface area contributed by atoms with Gasteiger partial charge >= 0.3 is 0 Å². The second kappa shape index (κ2) is 9.07. The van der Waals surface area contributed by atoms with Gasteiger partial charge in [-0.3, -0.25) is 4.90 Å². The Bertz CT molecular complexity index is 759. The molecular formula is C20H29N5O3. The number of ether oxygens (including phenoxy) is 2. The van der Waals surface area contributed by atoms with Gasteiger partial charge in [0.2, 0.25) is 5.95 Å². The van der Waals surface area contributed by atoms with Gasteiger partial charge in [-0.05, 0) is 31.0 Å². The highest BCUT2D eigenvalue weighted by molar-refractivity contribution is 5.44. The highest BCUT2D eigenvalue weighted by Gasteiger charge is 2.28. The number of piperazine rings is 1. The zero-order valence-electron chi connectivity index (χ0n) is 16.8. The lowest BCUT2D eigenvalue weighted by Gasteiger charge is -2.42. The number of nitrogen functional groups attached to an aromatic ring is 1. The highest BCUT2D eigenvalue weighted by Crippen LogP contribution is 2.26. The number of aliphatic hydroxyl groups is 1. The smallest absolute Gasteiger partial charge is 0.222 e. The standard InChI is InChI=1S/C20H29N5O3/c1-14-8-19(23-20(21)22-14)25-6-5-24(16(13-25)4-7-26)12-15-9-17(27-2)11-18(10-15)28-3/h8-11,16,26H,4-7,12-13H2,1-3H3,(H2,21,22,23). The molecule has 3 N–H and O–H groups in total. The number of aromatic nitrogens is 2. The number of anilines is 2. The van der Waals surface area contributed by atoms with E-state index in [1.54, 1.807) is 14.2 Å². The highest BCUT2D eigenvalue weighted by atomic mass is 16.5. The number of benzene rings is 1. The molecule has 1 unspecified atom stereocenters. The van der Waals surface area contributed by atoms with Gasteiger partial charge in [-0.15, -0.1) is 0 Å². The van der Waals surface area contributed by atoms with Crippen molar-refractivity contribution in [3.63, 3.8) is 0 Å². The molecule has 1 saturated heterocycles. The van der Waals surface area contributed by atoms with Gasteiger partial charge in [0, 0.05) is 56.7 Å². The van der Waals surface area contributed by atoms with Crippen LogP contribution in [-0.4, -0.2) is 66.5 Å². The van der Waals surface area contributed by atoms with E-state index in [-0.39, 0.29) is 12.6 Å². The van der Waals surface area contributed by atoms with Crippen molar-refractivity contribution in [2.24, 2.45) is 0 Å². The van der Waals surface area contributed by atoms with Crippen molar-refractivity contribution < 1.29 is 14.6 Å². The first kappa shape index (κ1) is 20.2. The van der Waals surface area contributed by atoms with Crippen LogP contribution in [0.25, 0.3) is 0 Å². The maximum absolute atomic E-state index is 9.58. The van der Waals surface area contributed by atoms with Crippen molar-refractivity contribution in [3.05, 3.63) is 35.5 Å². The number of hydrogen-bond donors (Lipinski definition) is 2. The van der Waals surface area contributed by atoms with Crippen molar-refractivity contribution in [3.8, 4) is 11.5 Å². The third kappa shape index (κ3) is 4.82. The molecular weight excluding hydrogens is 358 g/mol. The van der Waals surface area contributed by atoms with Crippen molar-refractivity contribution >= 4 is 11.8 Å². The van der Waals surface area contributed by atoms with E-state index in [1.807, 2.05) is 31.2 Å². The van der Waals surface area contributed by atoms with Crippen LogP contribution in [0.3, 0.4) is 0 Å². The summed E-state index contributed by atoms with van der Waals surface area (Å²) in [7, 11) is 3.31. The second-order valence-electron chi connectivity index (χ2n) is 7.03. The summed E-state index contributed by atoms with van der Waals surface area (Å²) >= 11 is 0. The Labute approximate surface area is 165 Å². The van der Waals surface area contributed by atoms with Crippen LogP contribution in [0.1, 0.15) is 17.7 Å². The molecule has 1 aromatic carbocycles. The minimum atomic E-state index is 0.140. The van der Waals surface area contributed by atoms with Crippen LogP contribution in [0.15, 0.2) is 24.3 Å².